The fraction of sp³-hybridized carbons (Fsp3) is 0.250. The van der Waals surface area contributed by atoms with Crippen LogP contribution in [0.2, 0.25) is 0 Å². The van der Waals surface area contributed by atoms with Crippen LogP contribution < -0.4 is 0 Å². The molecule has 0 aromatic heterocycles. The standard InChI is InChI=1S/C8H10ClNO2S/c1-2-10(9)13(11,12)8-6-4-3-5-7-8/h3-7H,2H2,1H3. The molecule has 0 spiro atoms. The van der Waals surface area contributed by atoms with Crippen LogP contribution >= 0.6 is 11.8 Å². The molecule has 0 fully saturated rings. The molecule has 0 bridgehead atoms. The Hall–Kier alpha value is -0.580. The minimum Gasteiger partial charge on any atom is -0.206 e. The van der Waals surface area contributed by atoms with Gasteiger partial charge in [0, 0.05) is 6.54 Å². The molecule has 0 aliphatic carbocycles. The molecular weight excluding hydrogens is 210 g/mol. The zero-order chi connectivity index (χ0) is 9.90. The Morgan fingerprint density at radius 2 is 1.85 bits per heavy atom. The van der Waals surface area contributed by atoms with Crippen molar-refractivity contribution in [3.05, 3.63) is 30.3 Å². The average Bonchev–Trinajstić information content (AvgIpc) is 2.18. The number of benzene rings is 1. The molecule has 1 rings (SSSR count). The first kappa shape index (κ1) is 10.5. The highest BCUT2D eigenvalue weighted by molar-refractivity contribution is 7.90. The maximum absolute atomic E-state index is 11.6. The van der Waals surface area contributed by atoms with Gasteiger partial charge in [-0.2, -0.15) is 0 Å². The lowest BCUT2D eigenvalue weighted by Gasteiger charge is -2.11. The minimum atomic E-state index is -3.49. The molecule has 0 amide bonds. The van der Waals surface area contributed by atoms with Crippen LogP contribution in [0, 0.1) is 0 Å². The fourth-order valence-electron chi connectivity index (χ4n) is 0.877. The molecule has 0 saturated carbocycles. The van der Waals surface area contributed by atoms with Gasteiger partial charge in [0.25, 0.3) is 10.0 Å². The van der Waals surface area contributed by atoms with E-state index in [2.05, 4.69) is 0 Å². The van der Waals surface area contributed by atoms with Crippen LogP contribution in [0.25, 0.3) is 0 Å². The smallest absolute Gasteiger partial charge is 0.206 e. The maximum Gasteiger partial charge on any atom is 0.256 e. The molecule has 0 saturated heterocycles. The monoisotopic (exact) mass is 219 g/mol. The molecule has 1 aromatic carbocycles. The molecule has 0 aliphatic rings. The second-order valence-electron chi connectivity index (χ2n) is 2.42. The summed E-state index contributed by atoms with van der Waals surface area (Å²) >= 11 is 5.54. The van der Waals surface area contributed by atoms with Gasteiger partial charge in [-0.05, 0) is 30.8 Å². The quantitative estimate of drug-likeness (QED) is 0.728. The van der Waals surface area contributed by atoms with E-state index in [1.807, 2.05) is 0 Å². The summed E-state index contributed by atoms with van der Waals surface area (Å²) in [6.07, 6.45) is 0. The van der Waals surface area contributed by atoms with Crippen LogP contribution in [0.4, 0.5) is 0 Å². The Morgan fingerprint density at radius 1 is 1.31 bits per heavy atom. The summed E-state index contributed by atoms with van der Waals surface area (Å²) in [6.45, 7) is 1.92. The van der Waals surface area contributed by atoms with Crippen molar-refractivity contribution in [2.75, 3.05) is 6.54 Å². The van der Waals surface area contributed by atoms with Crippen molar-refractivity contribution in [2.24, 2.45) is 0 Å². The van der Waals surface area contributed by atoms with Gasteiger partial charge in [0.1, 0.15) is 0 Å². The number of hydrogen-bond donors (Lipinski definition) is 0. The van der Waals surface area contributed by atoms with Crippen LogP contribution in [0.5, 0.6) is 0 Å². The van der Waals surface area contributed by atoms with Crippen molar-refractivity contribution in [3.63, 3.8) is 0 Å². The van der Waals surface area contributed by atoms with Crippen molar-refractivity contribution in [3.8, 4) is 0 Å². The van der Waals surface area contributed by atoms with E-state index in [0.717, 1.165) is 3.82 Å². The normalized spacial score (nSPS) is 11.9. The number of halogens is 1. The lowest BCUT2D eigenvalue weighted by atomic mass is 10.4. The van der Waals surface area contributed by atoms with Gasteiger partial charge in [0.05, 0.1) is 4.90 Å². The summed E-state index contributed by atoms with van der Waals surface area (Å²) in [5.41, 5.74) is 0. The molecule has 72 valence electrons. The van der Waals surface area contributed by atoms with Crippen molar-refractivity contribution in [1.29, 1.82) is 0 Å². The minimum absolute atomic E-state index is 0.215. The first-order valence-electron chi connectivity index (χ1n) is 3.82. The molecule has 0 N–H and O–H groups in total. The zero-order valence-electron chi connectivity index (χ0n) is 7.14. The van der Waals surface area contributed by atoms with E-state index < -0.39 is 10.0 Å². The highest BCUT2D eigenvalue weighted by Crippen LogP contribution is 2.16. The van der Waals surface area contributed by atoms with E-state index in [-0.39, 0.29) is 11.4 Å². The van der Waals surface area contributed by atoms with E-state index in [1.165, 1.54) is 12.1 Å². The van der Waals surface area contributed by atoms with Crippen LogP contribution in [-0.4, -0.2) is 18.8 Å². The molecule has 3 nitrogen and oxygen atoms in total. The van der Waals surface area contributed by atoms with Gasteiger partial charge in [0.2, 0.25) is 0 Å². The van der Waals surface area contributed by atoms with Gasteiger partial charge < -0.3 is 0 Å². The lowest BCUT2D eigenvalue weighted by Crippen LogP contribution is -2.21. The van der Waals surface area contributed by atoms with Crippen LogP contribution in [0.1, 0.15) is 6.92 Å². The molecule has 0 heterocycles. The van der Waals surface area contributed by atoms with E-state index >= 15 is 0 Å². The molecule has 13 heavy (non-hydrogen) atoms. The Balaban J connectivity index is 3.09. The Morgan fingerprint density at radius 3 is 2.31 bits per heavy atom. The number of rotatable bonds is 3. The van der Waals surface area contributed by atoms with Crippen LogP contribution in [0.15, 0.2) is 35.2 Å². The number of sulfonamides is 1. The molecular formula is C8H10ClNO2S. The number of hydrogen-bond acceptors (Lipinski definition) is 2. The van der Waals surface area contributed by atoms with E-state index in [4.69, 9.17) is 11.8 Å². The first-order valence-corrected chi connectivity index (χ1v) is 5.60. The molecule has 5 heteroatoms. The van der Waals surface area contributed by atoms with Gasteiger partial charge in [0.15, 0.2) is 0 Å². The van der Waals surface area contributed by atoms with Gasteiger partial charge in [-0.15, -0.1) is 3.82 Å². The summed E-state index contributed by atoms with van der Waals surface area (Å²) in [7, 11) is -3.49. The van der Waals surface area contributed by atoms with Crippen molar-refractivity contribution in [1.82, 2.24) is 3.82 Å². The first-order chi connectivity index (χ1) is 6.09. The predicted octanol–water partition coefficient (Wildman–Crippen LogP) is 1.85. The summed E-state index contributed by atoms with van der Waals surface area (Å²) < 4.78 is 23.9. The maximum atomic E-state index is 11.6. The Kier molecular flexibility index (Phi) is 3.30. The van der Waals surface area contributed by atoms with Gasteiger partial charge in [-0.3, -0.25) is 0 Å². The second-order valence-corrected chi connectivity index (χ2v) is 4.89. The van der Waals surface area contributed by atoms with Gasteiger partial charge >= 0.3 is 0 Å². The largest absolute Gasteiger partial charge is 0.256 e. The van der Waals surface area contributed by atoms with Crippen LogP contribution in [-0.2, 0) is 10.0 Å². The average molecular weight is 220 g/mol. The summed E-state index contributed by atoms with van der Waals surface area (Å²) in [6, 6.07) is 8.10. The van der Waals surface area contributed by atoms with Crippen molar-refractivity contribution < 1.29 is 8.42 Å². The molecule has 0 radical (unpaired) electrons. The third-order valence-corrected chi connectivity index (χ3v) is 3.98. The van der Waals surface area contributed by atoms with E-state index in [9.17, 15) is 8.42 Å². The fourth-order valence-corrected chi connectivity index (χ4v) is 2.19. The lowest BCUT2D eigenvalue weighted by molar-refractivity contribution is 0.545. The Bertz CT molecular complexity index is 363. The molecule has 0 unspecified atom stereocenters. The van der Waals surface area contributed by atoms with Gasteiger partial charge in [-0.1, -0.05) is 18.2 Å². The summed E-state index contributed by atoms with van der Waals surface area (Å²) in [4.78, 5) is 0.215. The highest BCUT2D eigenvalue weighted by atomic mass is 35.5. The summed E-state index contributed by atoms with van der Waals surface area (Å²) in [5.74, 6) is 0. The highest BCUT2D eigenvalue weighted by Gasteiger charge is 2.20. The zero-order valence-corrected chi connectivity index (χ0v) is 8.72. The molecule has 1 aromatic rings. The van der Waals surface area contributed by atoms with Crippen molar-refractivity contribution in [2.45, 2.75) is 11.8 Å². The summed E-state index contributed by atoms with van der Waals surface area (Å²) in [5, 5.41) is 0. The number of nitrogens with zero attached hydrogens (tertiary/aromatic N) is 1. The second kappa shape index (κ2) is 4.09. The Labute approximate surface area is 83.1 Å². The molecule has 0 atom stereocenters. The van der Waals surface area contributed by atoms with E-state index in [1.54, 1.807) is 25.1 Å². The van der Waals surface area contributed by atoms with Crippen LogP contribution in [0.3, 0.4) is 0 Å². The third kappa shape index (κ3) is 2.21. The predicted molar refractivity (Wildman–Crippen MR) is 51.9 cm³/mol. The van der Waals surface area contributed by atoms with Crippen molar-refractivity contribution >= 4 is 21.8 Å². The van der Waals surface area contributed by atoms with Gasteiger partial charge in [-0.25, -0.2) is 8.42 Å². The third-order valence-electron chi connectivity index (χ3n) is 1.55. The van der Waals surface area contributed by atoms with E-state index in [0.29, 0.717) is 0 Å². The molecule has 0 aliphatic heterocycles. The SMILES string of the molecule is CCN(Cl)S(=O)(=O)c1ccccc1. The topological polar surface area (TPSA) is 37.4 Å².